The molecule has 1 nitrogen and oxygen atoms in total. The van der Waals surface area contributed by atoms with Crippen molar-refractivity contribution in [1.29, 1.82) is 0 Å². The van der Waals surface area contributed by atoms with Gasteiger partial charge in [0.25, 0.3) is 0 Å². The van der Waals surface area contributed by atoms with Crippen LogP contribution in [0.3, 0.4) is 0 Å². The Balaban J connectivity index is 1.45. The first-order chi connectivity index (χ1) is 11.0. The minimum Gasteiger partial charge on any atom is -0.317 e. The SMILES string of the molecule is CC1CCC(OC(F)(F)C2CCC(C3CCCCC3)CC2)CC1. The summed E-state index contributed by atoms with van der Waals surface area (Å²) in [5.41, 5.74) is 0. The van der Waals surface area contributed by atoms with Gasteiger partial charge in [0.05, 0.1) is 12.0 Å². The molecule has 0 aromatic rings. The molecule has 0 heterocycles. The summed E-state index contributed by atoms with van der Waals surface area (Å²) >= 11 is 0. The predicted molar refractivity (Wildman–Crippen MR) is 89.5 cm³/mol. The second kappa shape index (κ2) is 7.80. The van der Waals surface area contributed by atoms with E-state index in [1.165, 1.54) is 32.1 Å². The van der Waals surface area contributed by atoms with Crippen LogP contribution in [-0.4, -0.2) is 12.2 Å². The van der Waals surface area contributed by atoms with Gasteiger partial charge in [0, 0.05) is 0 Å². The molecule has 0 atom stereocenters. The highest BCUT2D eigenvalue weighted by atomic mass is 19.3. The van der Waals surface area contributed by atoms with E-state index in [1.807, 2.05) is 0 Å². The average Bonchev–Trinajstić information content (AvgIpc) is 2.58. The van der Waals surface area contributed by atoms with Gasteiger partial charge in [-0.2, -0.15) is 8.78 Å². The van der Waals surface area contributed by atoms with Gasteiger partial charge in [-0.25, -0.2) is 0 Å². The lowest BCUT2D eigenvalue weighted by atomic mass is 9.71. The first-order valence-electron chi connectivity index (χ1n) is 10.1. The zero-order valence-electron chi connectivity index (χ0n) is 14.7. The van der Waals surface area contributed by atoms with Crippen molar-refractivity contribution >= 4 is 0 Å². The van der Waals surface area contributed by atoms with E-state index in [2.05, 4.69) is 6.92 Å². The Labute approximate surface area is 140 Å². The molecule has 0 aliphatic heterocycles. The molecule has 0 aromatic carbocycles. The highest BCUT2D eigenvalue weighted by Crippen LogP contribution is 2.45. The summed E-state index contributed by atoms with van der Waals surface area (Å²) in [7, 11) is 0. The molecule has 0 radical (unpaired) electrons. The van der Waals surface area contributed by atoms with E-state index in [1.54, 1.807) is 0 Å². The number of halogens is 2. The number of hydrogen-bond donors (Lipinski definition) is 0. The number of alkyl halides is 2. The molecule has 134 valence electrons. The Morgan fingerprint density at radius 3 is 1.87 bits per heavy atom. The maximum Gasteiger partial charge on any atom is 0.358 e. The van der Waals surface area contributed by atoms with Crippen molar-refractivity contribution in [3.8, 4) is 0 Å². The summed E-state index contributed by atoms with van der Waals surface area (Å²) < 4.78 is 34.4. The van der Waals surface area contributed by atoms with Crippen LogP contribution in [0.4, 0.5) is 8.78 Å². The van der Waals surface area contributed by atoms with E-state index >= 15 is 0 Å². The molecule has 3 aliphatic carbocycles. The van der Waals surface area contributed by atoms with Crippen LogP contribution in [0.5, 0.6) is 0 Å². The average molecular weight is 328 g/mol. The fourth-order valence-corrected chi connectivity index (χ4v) is 5.20. The molecule has 0 aromatic heterocycles. The van der Waals surface area contributed by atoms with Crippen LogP contribution in [0.25, 0.3) is 0 Å². The van der Waals surface area contributed by atoms with Crippen LogP contribution < -0.4 is 0 Å². The van der Waals surface area contributed by atoms with Crippen molar-refractivity contribution in [2.45, 2.75) is 103 Å². The van der Waals surface area contributed by atoms with E-state index in [0.29, 0.717) is 24.7 Å². The van der Waals surface area contributed by atoms with Gasteiger partial charge in [0.1, 0.15) is 0 Å². The molecule has 0 spiro atoms. The van der Waals surface area contributed by atoms with Gasteiger partial charge in [0.2, 0.25) is 0 Å². The quantitative estimate of drug-likeness (QED) is 0.567. The van der Waals surface area contributed by atoms with E-state index < -0.39 is 12.0 Å². The predicted octanol–water partition coefficient (Wildman–Crippen LogP) is 6.56. The zero-order valence-corrected chi connectivity index (χ0v) is 14.7. The second-order valence-electron chi connectivity index (χ2n) is 8.57. The van der Waals surface area contributed by atoms with Gasteiger partial charge in [-0.15, -0.1) is 0 Å². The largest absolute Gasteiger partial charge is 0.358 e. The fraction of sp³-hybridized carbons (Fsp3) is 1.00. The van der Waals surface area contributed by atoms with Crippen LogP contribution >= 0.6 is 0 Å². The Hall–Kier alpha value is -0.180. The normalized spacial score (nSPS) is 37.7. The molecule has 3 saturated carbocycles. The summed E-state index contributed by atoms with van der Waals surface area (Å²) in [6, 6.07) is 0. The third kappa shape index (κ3) is 4.67. The van der Waals surface area contributed by atoms with Gasteiger partial charge in [-0.05, 0) is 69.1 Å². The maximum absolute atomic E-state index is 14.5. The van der Waals surface area contributed by atoms with Crippen LogP contribution in [0, 0.1) is 23.7 Å². The molecule has 3 rings (SSSR count). The summed E-state index contributed by atoms with van der Waals surface area (Å²) in [4.78, 5) is 0. The van der Waals surface area contributed by atoms with Crippen molar-refractivity contribution in [3.05, 3.63) is 0 Å². The van der Waals surface area contributed by atoms with Gasteiger partial charge < -0.3 is 4.74 Å². The van der Waals surface area contributed by atoms with Crippen LogP contribution in [0.2, 0.25) is 0 Å². The van der Waals surface area contributed by atoms with Crippen molar-refractivity contribution in [1.82, 2.24) is 0 Å². The van der Waals surface area contributed by atoms with E-state index in [0.717, 1.165) is 44.4 Å². The molecule has 0 amide bonds. The second-order valence-corrected chi connectivity index (χ2v) is 8.57. The zero-order chi connectivity index (χ0) is 16.3. The fourth-order valence-electron chi connectivity index (χ4n) is 5.20. The minimum absolute atomic E-state index is 0.211. The number of hydrogen-bond acceptors (Lipinski definition) is 1. The molecule has 3 heteroatoms. The highest BCUT2D eigenvalue weighted by Gasteiger charge is 2.45. The van der Waals surface area contributed by atoms with Crippen molar-refractivity contribution < 1.29 is 13.5 Å². The highest BCUT2D eigenvalue weighted by molar-refractivity contribution is 4.83. The molecule has 3 fully saturated rings. The van der Waals surface area contributed by atoms with E-state index in [4.69, 9.17) is 4.74 Å². The summed E-state index contributed by atoms with van der Waals surface area (Å²) in [6.45, 7) is 2.21. The molecule has 23 heavy (non-hydrogen) atoms. The first kappa shape index (κ1) is 17.6. The standard InChI is InChI=1S/C20H34F2O/c1-15-7-13-19(14-8-15)23-20(21,22)18-11-9-17(10-12-18)16-5-3-2-4-6-16/h15-19H,2-14H2,1H3. The topological polar surface area (TPSA) is 9.23 Å². The van der Waals surface area contributed by atoms with Gasteiger partial charge in [-0.3, -0.25) is 0 Å². The third-order valence-corrected chi connectivity index (χ3v) is 6.85. The summed E-state index contributed by atoms with van der Waals surface area (Å²) in [6.07, 6.45) is 10.7. The Bertz CT molecular complexity index is 349. The molecule has 0 bridgehead atoms. The van der Waals surface area contributed by atoms with Gasteiger partial charge in [-0.1, -0.05) is 39.0 Å². The summed E-state index contributed by atoms with van der Waals surface area (Å²) in [5.74, 6) is 1.66. The smallest absolute Gasteiger partial charge is 0.317 e. The lowest BCUT2D eigenvalue weighted by Crippen LogP contribution is -2.39. The molecule has 3 aliphatic rings. The Kier molecular flexibility index (Phi) is 5.98. The monoisotopic (exact) mass is 328 g/mol. The van der Waals surface area contributed by atoms with Crippen LogP contribution in [-0.2, 0) is 4.74 Å². The van der Waals surface area contributed by atoms with Crippen molar-refractivity contribution in [3.63, 3.8) is 0 Å². The third-order valence-electron chi connectivity index (χ3n) is 6.85. The van der Waals surface area contributed by atoms with Gasteiger partial charge >= 0.3 is 6.11 Å². The molecule has 0 N–H and O–H groups in total. The van der Waals surface area contributed by atoms with Crippen LogP contribution in [0.1, 0.15) is 90.4 Å². The van der Waals surface area contributed by atoms with Crippen LogP contribution in [0.15, 0.2) is 0 Å². The van der Waals surface area contributed by atoms with E-state index in [-0.39, 0.29) is 6.10 Å². The molecule has 0 saturated heterocycles. The molecular weight excluding hydrogens is 294 g/mol. The summed E-state index contributed by atoms with van der Waals surface area (Å²) in [5, 5.41) is 0. The first-order valence-corrected chi connectivity index (χ1v) is 10.1. The maximum atomic E-state index is 14.5. The van der Waals surface area contributed by atoms with Crippen molar-refractivity contribution in [2.75, 3.05) is 0 Å². The number of rotatable bonds is 4. The molecule has 0 unspecified atom stereocenters. The van der Waals surface area contributed by atoms with Crippen molar-refractivity contribution in [2.24, 2.45) is 23.7 Å². The van der Waals surface area contributed by atoms with Gasteiger partial charge in [0.15, 0.2) is 0 Å². The lowest BCUT2D eigenvalue weighted by molar-refractivity contribution is -0.302. The molecular formula is C20H34F2O. The number of ether oxygens (including phenoxy) is 1. The Morgan fingerprint density at radius 1 is 0.696 bits per heavy atom. The Morgan fingerprint density at radius 2 is 1.26 bits per heavy atom. The minimum atomic E-state index is -2.90. The van der Waals surface area contributed by atoms with E-state index in [9.17, 15) is 8.78 Å². The lowest BCUT2D eigenvalue weighted by Gasteiger charge is -2.39.